The Morgan fingerprint density at radius 1 is 1.14 bits per heavy atom. The van der Waals surface area contributed by atoms with E-state index in [1.54, 1.807) is 4.90 Å². The third kappa shape index (κ3) is 3.79. The van der Waals surface area contributed by atoms with Crippen molar-refractivity contribution in [2.45, 2.75) is 37.3 Å². The van der Waals surface area contributed by atoms with Crippen molar-refractivity contribution < 1.29 is 9.90 Å². The van der Waals surface area contributed by atoms with Crippen molar-refractivity contribution in [2.24, 2.45) is 0 Å². The first kappa shape index (κ1) is 22.2. The largest absolute Gasteiger partial charge is 0.465 e. The van der Waals surface area contributed by atoms with Crippen molar-refractivity contribution in [3.8, 4) is 11.1 Å². The van der Waals surface area contributed by atoms with Gasteiger partial charge in [-0.1, -0.05) is 60.1 Å². The summed E-state index contributed by atoms with van der Waals surface area (Å²) < 4.78 is 0.753. The Balaban J connectivity index is 1.36. The van der Waals surface area contributed by atoms with Gasteiger partial charge in [-0.25, -0.2) is 4.79 Å². The van der Waals surface area contributed by atoms with Crippen LogP contribution in [0.5, 0.6) is 0 Å². The van der Waals surface area contributed by atoms with E-state index in [0.717, 1.165) is 27.7 Å². The normalized spacial score (nSPS) is 19.1. The van der Waals surface area contributed by atoms with Crippen LogP contribution in [0.25, 0.3) is 11.1 Å². The number of thiophene rings is 1. The summed E-state index contributed by atoms with van der Waals surface area (Å²) in [7, 11) is 0. The van der Waals surface area contributed by atoms with Gasteiger partial charge in [0.25, 0.3) is 0 Å². The summed E-state index contributed by atoms with van der Waals surface area (Å²) >= 11 is 7.59. The van der Waals surface area contributed by atoms with E-state index in [2.05, 4.69) is 64.0 Å². The number of fused-ring (bicyclic) bond motifs is 3. The van der Waals surface area contributed by atoms with Crippen LogP contribution in [-0.4, -0.2) is 32.8 Å². The number of rotatable bonds is 6. The maximum Gasteiger partial charge on any atom is 0.408 e. The summed E-state index contributed by atoms with van der Waals surface area (Å²) in [5, 5.41) is 21.2. The van der Waals surface area contributed by atoms with Gasteiger partial charge in [-0.2, -0.15) is 5.10 Å². The van der Waals surface area contributed by atoms with Crippen LogP contribution in [0.4, 0.5) is 10.6 Å². The SMILES string of the molecule is O=C(O)N1CCCC1(CC1c2ccccc2-c2ccccc21)c1cc(NCc2ccc(Cl)s2)n[nH]1. The number of hydrogen-bond acceptors (Lipinski definition) is 4. The molecule has 6 nitrogen and oxygen atoms in total. The van der Waals surface area contributed by atoms with Crippen LogP contribution in [0.2, 0.25) is 4.34 Å². The number of aromatic nitrogens is 2. The molecule has 0 saturated carbocycles. The first-order valence-corrected chi connectivity index (χ1v) is 13.0. The van der Waals surface area contributed by atoms with Gasteiger partial charge < -0.3 is 10.4 Å². The number of carboxylic acid groups (broad SMARTS) is 1. The third-order valence-corrected chi connectivity index (χ3v) is 8.61. The zero-order chi connectivity index (χ0) is 24.0. The first-order valence-electron chi connectivity index (χ1n) is 11.8. The summed E-state index contributed by atoms with van der Waals surface area (Å²) in [6.07, 6.45) is 1.34. The zero-order valence-corrected chi connectivity index (χ0v) is 20.6. The van der Waals surface area contributed by atoms with Gasteiger partial charge in [-0.05, 0) is 53.6 Å². The topological polar surface area (TPSA) is 81.2 Å². The molecule has 178 valence electrons. The zero-order valence-electron chi connectivity index (χ0n) is 19.0. The molecule has 0 bridgehead atoms. The number of aromatic amines is 1. The van der Waals surface area contributed by atoms with E-state index in [1.165, 1.54) is 33.6 Å². The molecule has 3 heterocycles. The predicted molar refractivity (Wildman–Crippen MR) is 139 cm³/mol. The number of hydrogen-bond donors (Lipinski definition) is 3. The molecule has 1 fully saturated rings. The third-order valence-electron chi connectivity index (χ3n) is 7.38. The molecule has 1 amide bonds. The molecule has 6 rings (SSSR count). The van der Waals surface area contributed by atoms with Crippen LogP contribution >= 0.6 is 22.9 Å². The fraction of sp³-hybridized carbons (Fsp3) is 0.259. The molecule has 35 heavy (non-hydrogen) atoms. The Hall–Kier alpha value is -3.29. The molecule has 2 aromatic heterocycles. The van der Waals surface area contributed by atoms with Crippen molar-refractivity contribution in [2.75, 3.05) is 11.9 Å². The quantitative estimate of drug-likeness (QED) is 0.266. The number of benzene rings is 2. The minimum absolute atomic E-state index is 0.107. The lowest BCUT2D eigenvalue weighted by molar-refractivity contribution is 0.0910. The minimum Gasteiger partial charge on any atom is -0.465 e. The minimum atomic E-state index is -0.889. The van der Waals surface area contributed by atoms with Gasteiger partial charge in [0.15, 0.2) is 0 Å². The van der Waals surface area contributed by atoms with Crippen LogP contribution in [-0.2, 0) is 12.1 Å². The van der Waals surface area contributed by atoms with E-state index in [9.17, 15) is 9.90 Å². The number of nitrogens with one attached hydrogen (secondary N) is 2. The molecule has 2 aliphatic rings. The summed E-state index contributed by atoms with van der Waals surface area (Å²) in [5.41, 5.74) is 5.16. The lowest BCUT2D eigenvalue weighted by atomic mass is 9.78. The smallest absolute Gasteiger partial charge is 0.408 e. The second-order valence-corrected chi connectivity index (χ2v) is 11.0. The molecule has 4 aromatic rings. The number of anilines is 1. The van der Waals surface area contributed by atoms with Crippen molar-refractivity contribution >= 4 is 34.8 Å². The Morgan fingerprint density at radius 2 is 1.86 bits per heavy atom. The molecule has 2 aromatic carbocycles. The van der Waals surface area contributed by atoms with Crippen LogP contribution in [0.3, 0.4) is 0 Å². The molecule has 1 saturated heterocycles. The Morgan fingerprint density at radius 3 is 2.51 bits per heavy atom. The van der Waals surface area contributed by atoms with Gasteiger partial charge in [0.05, 0.1) is 22.1 Å². The van der Waals surface area contributed by atoms with Gasteiger partial charge >= 0.3 is 6.09 Å². The van der Waals surface area contributed by atoms with Crippen LogP contribution in [0.1, 0.15) is 46.9 Å². The molecule has 0 spiro atoms. The van der Waals surface area contributed by atoms with Gasteiger partial charge in [0.2, 0.25) is 0 Å². The van der Waals surface area contributed by atoms with Crippen molar-refractivity contribution in [3.63, 3.8) is 0 Å². The van der Waals surface area contributed by atoms with E-state index in [0.29, 0.717) is 25.3 Å². The van der Waals surface area contributed by atoms with Gasteiger partial charge in [0, 0.05) is 23.4 Å². The lowest BCUT2D eigenvalue weighted by Gasteiger charge is -2.38. The van der Waals surface area contributed by atoms with E-state index in [4.69, 9.17) is 11.6 Å². The highest BCUT2D eigenvalue weighted by Crippen LogP contribution is 2.53. The van der Waals surface area contributed by atoms with E-state index in [1.807, 2.05) is 18.2 Å². The maximum atomic E-state index is 12.4. The maximum absolute atomic E-state index is 12.4. The summed E-state index contributed by atoms with van der Waals surface area (Å²) in [4.78, 5) is 15.2. The van der Waals surface area contributed by atoms with E-state index in [-0.39, 0.29) is 5.92 Å². The fourth-order valence-electron chi connectivity index (χ4n) is 5.85. The summed E-state index contributed by atoms with van der Waals surface area (Å²) in [6.45, 7) is 1.13. The van der Waals surface area contributed by atoms with E-state index < -0.39 is 11.6 Å². The number of likely N-dealkylation sites (tertiary alicyclic amines) is 1. The molecule has 3 N–H and O–H groups in total. The van der Waals surface area contributed by atoms with Crippen molar-refractivity contribution in [1.82, 2.24) is 15.1 Å². The van der Waals surface area contributed by atoms with Gasteiger partial charge in [0.1, 0.15) is 5.82 Å². The standard InChI is InChI=1S/C27H25ClN4O2S/c28-24-11-10-17(35-24)16-29-25-14-23(30-31-25)27(12-5-13-32(27)26(33)34)15-22-20-8-3-1-6-18(20)19-7-2-4-9-21(19)22/h1-4,6-11,14,22H,5,12-13,15-16H2,(H,33,34)(H2,29,30,31). The lowest BCUT2D eigenvalue weighted by Crippen LogP contribution is -2.45. The fourth-order valence-corrected chi connectivity index (χ4v) is 6.88. The molecule has 1 aliphatic heterocycles. The molecular weight excluding hydrogens is 480 g/mol. The Kier molecular flexibility index (Phi) is 5.54. The van der Waals surface area contributed by atoms with Gasteiger partial charge in [-0.3, -0.25) is 10.00 Å². The highest BCUT2D eigenvalue weighted by Gasteiger charge is 2.49. The molecule has 1 unspecified atom stereocenters. The van der Waals surface area contributed by atoms with Crippen molar-refractivity contribution in [1.29, 1.82) is 0 Å². The second kappa shape index (κ2) is 8.73. The van der Waals surface area contributed by atoms with Crippen molar-refractivity contribution in [3.05, 3.63) is 92.8 Å². The van der Waals surface area contributed by atoms with Crippen LogP contribution < -0.4 is 5.32 Å². The average Bonchev–Trinajstić information content (AvgIpc) is 3.65. The monoisotopic (exact) mass is 504 g/mol. The Labute approximate surface area is 212 Å². The van der Waals surface area contributed by atoms with Gasteiger partial charge in [-0.15, -0.1) is 11.3 Å². The average molecular weight is 505 g/mol. The second-order valence-electron chi connectivity index (χ2n) is 9.23. The Bertz CT molecular complexity index is 1350. The highest BCUT2D eigenvalue weighted by atomic mass is 35.5. The predicted octanol–water partition coefficient (Wildman–Crippen LogP) is 6.91. The number of H-pyrrole nitrogens is 1. The molecular formula is C27H25ClN4O2S. The highest BCUT2D eigenvalue weighted by molar-refractivity contribution is 7.16. The molecule has 0 radical (unpaired) electrons. The first-order chi connectivity index (χ1) is 17.0. The molecule has 8 heteroatoms. The number of nitrogens with zero attached hydrogens (tertiary/aromatic N) is 2. The number of amides is 1. The number of carbonyl (C=O) groups is 1. The molecule has 1 aliphatic carbocycles. The number of halogens is 1. The van der Waals surface area contributed by atoms with Crippen LogP contribution in [0, 0.1) is 0 Å². The molecule has 1 atom stereocenters. The summed E-state index contributed by atoms with van der Waals surface area (Å²) in [5.74, 6) is 0.809. The van der Waals surface area contributed by atoms with Crippen LogP contribution in [0.15, 0.2) is 66.7 Å². The summed E-state index contributed by atoms with van der Waals surface area (Å²) in [6, 6.07) is 22.8. The van der Waals surface area contributed by atoms with E-state index >= 15 is 0 Å².